The highest BCUT2D eigenvalue weighted by atomic mass is 32.2. The van der Waals surface area contributed by atoms with Crippen LogP contribution >= 0.6 is 0 Å². The number of aromatic nitrogens is 1. The van der Waals surface area contributed by atoms with E-state index in [1.165, 1.54) is 3.97 Å². The third-order valence-electron chi connectivity index (χ3n) is 6.20. The maximum absolute atomic E-state index is 13.5. The zero-order valence-electron chi connectivity index (χ0n) is 18.0. The molecule has 0 bridgehead atoms. The van der Waals surface area contributed by atoms with Gasteiger partial charge in [-0.1, -0.05) is 29.8 Å². The Balaban J connectivity index is 1.68. The standard InChI is InChI=1S/C23H24N2O5S2/c1-15-7-9-18(10-8-15)32(28,29)25-13-16-11-22-20(19-5-4-6-21(25)23(16)19)12-17(14-24(22)2)30-31(3,26)27/h4-10,12-13,17,22H,11,14H2,1-3H3/t17-,22+/m0/s1. The van der Waals surface area contributed by atoms with E-state index in [4.69, 9.17) is 4.18 Å². The number of fused-ring (bicyclic) bond motifs is 2. The molecule has 0 N–H and O–H groups in total. The highest BCUT2D eigenvalue weighted by molar-refractivity contribution is 7.90. The van der Waals surface area contributed by atoms with Gasteiger partial charge in [-0.05, 0) is 61.4 Å². The second-order valence-electron chi connectivity index (χ2n) is 8.59. The first-order valence-electron chi connectivity index (χ1n) is 10.3. The van der Waals surface area contributed by atoms with E-state index in [1.807, 2.05) is 38.2 Å². The summed E-state index contributed by atoms with van der Waals surface area (Å²) >= 11 is 0. The summed E-state index contributed by atoms with van der Waals surface area (Å²) in [5.74, 6) is 0. The molecule has 0 fully saturated rings. The summed E-state index contributed by atoms with van der Waals surface area (Å²) in [4.78, 5) is 2.31. The van der Waals surface area contributed by atoms with Gasteiger partial charge >= 0.3 is 0 Å². The normalized spacial score (nSPS) is 21.4. The van der Waals surface area contributed by atoms with E-state index in [-0.39, 0.29) is 10.9 Å². The van der Waals surface area contributed by atoms with Crippen LogP contribution in [0.15, 0.2) is 59.6 Å². The summed E-state index contributed by atoms with van der Waals surface area (Å²) in [6.07, 6.45) is 4.70. The van der Waals surface area contributed by atoms with Gasteiger partial charge in [-0.25, -0.2) is 12.4 Å². The van der Waals surface area contributed by atoms with E-state index in [0.29, 0.717) is 18.5 Å². The molecular weight excluding hydrogens is 448 g/mol. The van der Waals surface area contributed by atoms with Crippen LogP contribution in [0, 0.1) is 6.92 Å². The van der Waals surface area contributed by atoms with Crippen LogP contribution in [0.5, 0.6) is 0 Å². The summed E-state index contributed by atoms with van der Waals surface area (Å²) in [5.41, 5.74) is 4.46. The molecule has 7 nitrogen and oxygen atoms in total. The molecule has 0 unspecified atom stereocenters. The van der Waals surface area contributed by atoms with Gasteiger partial charge < -0.3 is 0 Å². The number of nitrogens with zero attached hydrogens (tertiary/aromatic N) is 2. The fourth-order valence-corrected chi connectivity index (χ4v) is 6.74. The van der Waals surface area contributed by atoms with Crippen molar-refractivity contribution in [3.05, 3.63) is 71.4 Å². The largest absolute Gasteiger partial charge is 0.296 e. The van der Waals surface area contributed by atoms with Crippen molar-refractivity contribution in [3.8, 4) is 0 Å². The number of hydrogen-bond donors (Lipinski definition) is 0. The summed E-state index contributed by atoms with van der Waals surface area (Å²) in [7, 11) is -5.43. The van der Waals surface area contributed by atoms with Crippen molar-refractivity contribution in [3.63, 3.8) is 0 Å². The first kappa shape index (κ1) is 21.4. The number of likely N-dealkylation sites (N-methyl/N-ethyl adjacent to an activating group) is 1. The molecule has 9 heteroatoms. The SMILES string of the molecule is Cc1ccc(S(=O)(=O)n2cc3c4c(cccc42)C2=C[C@H](OS(C)(=O)=O)CN(C)[C@@H]2C3)cc1. The van der Waals surface area contributed by atoms with Crippen molar-refractivity contribution in [2.45, 2.75) is 30.4 Å². The van der Waals surface area contributed by atoms with E-state index < -0.39 is 26.2 Å². The lowest BCUT2D eigenvalue weighted by molar-refractivity contribution is 0.162. The van der Waals surface area contributed by atoms with E-state index in [9.17, 15) is 16.8 Å². The quantitative estimate of drug-likeness (QED) is 0.543. The Labute approximate surface area is 188 Å². The minimum Gasteiger partial charge on any atom is -0.296 e. The van der Waals surface area contributed by atoms with Crippen LogP contribution in [0.1, 0.15) is 16.7 Å². The summed E-state index contributed by atoms with van der Waals surface area (Å²) in [6, 6.07) is 12.5. The molecule has 1 aliphatic heterocycles. The number of benzene rings is 2. The van der Waals surface area contributed by atoms with Gasteiger partial charge in [0.25, 0.3) is 20.1 Å². The Bertz CT molecular complexity index is 1470. The number of rotatable bonds is 4. The van der Waals surface area contributed by atoms with E-state index in [0.717, 1.165) is 33.9 Å². The molecule has 32 heavy (non-hydrogen) atoms. The summed E-state index contributed by atoms with van der Waals surface area (Å²) in [5, 5.41) is 0.888. The molecule has 5 rings (SSSR count). The highest BCUT2D eigenvalue weighted by Gasteiger charge is 2.36. The van der Waals surface area contributed by atoms with Crippen LogP contribution in [-0.4, -0.2) is 57.7 Å². The molecule has 0 spiro atoms. The van der Waals surface area contributed by atoms with Crippen molar-refractivity contribution >= 4 is 36.6 Å². The van der Waals surface area contributed by atoms with Crippen LogP contribution in [0.25, 0.3) is 16.5 Å². The second kappa shape index (κ2) is 7.28. The number of hydrogen-bond acceptors (Lipinski definition) is 6. The molecule has 0 radical (unpaired) electrons. The summed E-state index contributed by atoms with van der Waals surface area (Å²) in [6.45, 7) is 2.36. The Kier molecular flexibility index (Phi) is 4.86. The zero-order chi connectivity index (χ0) is 22.8. The highest BCUT2D eigenvalue weighted by Crippen LogP contribution is 2.42. The Hall–Kier alpha value is -2.46. The average molecular weight is 473 g/mol. The maximum Gasteiger partial charge on any atom is 0.268 e. The predicted molar refractivity (Wildman–Crippen MR) is 124 cm³/mol. The minimum atomic E-state index is -3.76. The molecule has 2 heterocycles. The lowest BCUT2D eigenvalue weighted by Gasteiger charge is -2.39. The van der Waals surface area contributed by atoms with Crippen LogP contribution in [0.2, 0.25) is 0 Å². The van der Waals surface area contributed by atoms with Gasteiger partial charge in [-0.15, -0.1) is 0 Å². The van der Waals surface area contributed by atoms with Crippen LogP contribution in [-0.2, 0) is 30.7 Å². The zero-order valence-corrected chi connectivity index (χ0v) is 19.7. The molecule has 0 saturated carbocycles. The molecule has 168 valence electrons. The molecule has 2 aliphatic rings. The predicted octanol–water partition coefficient (Wildman–Crippen LogP) is 2.79. The molecule has 1 aromatic heterocycles. The fourth-order valence-electron chi connectivity index (χ4n) is 4.79. The third kappa shape index (κ3) is 3.49. The van der Waals surface area contributed by atoms with Gasteiger partial charge in [-0.2, -0.15) is 8.42 Å². The molecule has 3 aromatic rings. The first-order valence-corrected chi connectivity index (χ1v) is 13.6. The van der Waals surface area contributed by atoms with Crippen molar-refractivity contribution < 1.29 is 21.0 Å². The lowest BCUT2D eigenvalue weighted by atomic mass is 9.81. The van der Waals surface area contributed by atoms with Crippen molar-refractivity contribution in [1.82, 2.24) is 8.87 Å². The van der Waals surface area contributed by atoms with Crippen molar-refractivity contribution in [1.29, 1.82) is 0 Å². The van der Waals surface area contributed by atoms with Crippen molar-refractivity contribution in [2.75, 3.05) is 19.8 Å². The van der Waals surface area contributed by atoms with Gasteiger partial charge in [0.1, 0.15) is 6.10 Å². The third-order valence-corrected chi connectivity index (χ3v) is 8.48. The molecule has 1 aliphatic carbocycles. The van der Waals surface area contributed by atoms with E-state index in [1.54, 1.807) is 30.5 Å². The van der Waals surface area contributed by atoms with Crippen LogP contribution in [0.4, 0.5) is 0 Å². The first-order chi connectivity index (χ1) is 15.0. The Morgan fingerprint density at radius 3 is 2.44 bits per heavy atom. The van der Waals surface area contributed by atoms with Crippen molar-refractivity contribution in [2.24, 2.45) is 0 Å². The summed E-state index contributed by atoms with van der Waals surface area (Å²) < 4.78 is 56.9. The molecule has 2 atom stereocenters. The molecule has 2 aromatic carbocycles. The minimum absolute atomic E-state index is 0.0189. The fraction of sp³-hybridized carbons (Fsp3) is 0.304. The van der Waals surface area contributed by atoms with Gasteiger partial charge in [0.15, 0.2) is 0 Å². The number of aryl methyl sites for hydroxylation is 1. The molecule has 0 amide bonds. The molecular formula is C23H24N2O5S2. The average Bonchev–Trinajstić information content (AvgIpc) is 3.09. The van der Waals surface area contributed by atoms with Gasteiger partial charge in [-0.3, -0.25) is 9.08 Å². The lowest BCUT2D eigenvalue weighted by Crippen LogP contribution is -2.45. The Morgan fingerprint density at radius 1 is 1.03 bits per heavy atom. The van der Waals surface area contributed by atoms with Crippen LogP contribution in [0.3, 0.4) is 0 Å². The van der Waals surface area contributed by atoms with E-state index >= 15 is 0 Å². The topological polar surface area (TPSA) is 85.7 Å². The monoisotopic (exact) mass is 472 g/mol. The smallest absolute Gasteiger partial charge is 0.268 e. The second-order valence-corrected chi connectivity index (χ2v) is 12.0. The maximum atomic E-state index is 13.5. The van der Waals surface area contributed by atoms with E-state index in [2.05, 4.69) is 4.90 Å². The van der Waals surface area contributed by atoms with Gasteiger partial charge in [0.05, 0.1) is 16.7 Å². The van der Waals surface area contributed by atoms with Crippen LogP contribution < -0.4 is 0 Å². The molecule has 0 saturated heterocycles. The Morgan fingerprint density at radius 2 is 1.75 bits per heavy atom. The van der Waals surface area contributed by atoms with Gasteiger partial charge in [0, 0.05) is 24.2 Å². The van der Waals surface area contributed by atoms with Gasteiger partial charge in [0.2, 0.25) is 0 Å².